The molecule has 2 N–H and O–H groups in total. The topological polar surface area (TPSA) is 239 Å². The number of nitrogens with one attached hydrogen (secondary N) is 2. The zero-order chi connectivity index (χ0) is 48.0. The van der Waals surface area contributed by atoms with Crippen molar-refractivity contribution in [2.75, 3.05) is 26.4 Å². The molecule has 2 aliphatic rings. The van der Waals surface area contributed by atoms with E-state index in [1.165, 1.54) is 0 Å². The molecule has 0 aliphatic heterocycles. The average Bonchev–Trinajstić information content (AvgIpc) is 4.14. The molecule has 2 aromatic heterocycles. The molecule has 0 radical (unpaired) electrons. The minimum atomic E-state index is -3.55. The molecule has 0 bridgehead atoms. The third-order valence-corrected chi connectivity index (χ3v) is 13.4. The third-order valence-electron chi connectivity index (χ3n) is 10.9. The molecule has 2 atom stereocenters. The largest absolute Gasteiger partial charge is 0.490 e. The van der Waals surface area contributed by atoms with E-state index in [9.17, 15) is 27.4 Å². The number of ether oxygens (including phenoxy) is 2. The fraction of sp³-hybridized carbons (Fsp3) is 0.333. The van der Waals surface area contributed by atoms with E-state index in [2.05, 4.69) is 48.4 Å². The Balaban J connectivity index is 0.000000200. The lowest BCUT2D eigenvalue weighted by atomic mass is 10.0. The minimum Gasteiger partial charge on any atom is -0.490 e. The number of hydrogen-bond donors (Lipinski definition) is 2. The SMILES string of the molecule is C=CS(=O)(=O)N[C@H]1CCc2c(-c3noc(-c4ccc(OC(C)C)c(C#N)c4)n3)cccc21.CC(C)Oc1ccc(-c2nc(-c3cccc4c3CC[C@@H]4NS(=O)(=O)CCN(C)C)no2)cc1C#N. The number of nitriles is 2. The van der Waals surface area contributed by atoms with Gasteiger partial charge >= 0.3 is 0 Å². The lowest BCUT2D eigenvalue weighted by Gasteiger charge is -2.16. The smallest absolute Gasteiger partial charge is 0.258 e. The van der Waals surface area contributed by atoms with Crippen molar-refractivity contribution in [3.05, 3.63) is 118 Å². The van der Waals surface area contributed by atoms with Crippen molar-refractivity contribution >= 4 is 20.0 Å². The second-order valence-corrected chi connectivity index (χ2v) is 20.4. The van der Waals surface area contributed by atoms with Crippen LogP contribution in [0.2, 0.25) is 0 Å². The standard InChI is InChI=1S/C25H29N5O4S.C23H22N4O4S/c1-16(2)33-23-11-8-17(14-18(23)15-26)25-27-24(28-34-25)21-7-5-6-20-19(21)9-10-22(20)29-35(31,32)13-12-30(3)4;1-4-32(28,29)27-20-10-9-17-18(20)6-5-7-19(17)22-25-23(31-26-22)15-8-11-21(30-14(2)3)16(12-15)13-24/h5-8,11,14,16,22,29H,9-10,12-13H2,1-4H3;4-8,11-12,14,20,27H,1,9-10H2,2-3H3/t22-;20-/m00/s1. The summed E-state index contributed by atoms with van der Waals surface area (Å²) in [5, 5.41) is 28.2. The van der Waals surface area contributed by atoms with Crippen LogP contribution in [0.3, 0.4) is 0 Å². The molecule has 0 saturated heterocycles. The predicted molar refractivity (Wildman–Crippen MR) is 251 cm³/mol. The summed E-state index contributed by atoms with van der Waals surface area (Å²) in [6.45, 7) is 11.4. The van der Waals surface area contributed by atoms with Gasteiger partial charge in [-0.25, -0.2) is 26.3 Å². The zero-order valence-electron chi connectivity index (χ0n) is 38.0. The molecule has 67 heavy (non-hydrogen) atoms. The van der Waals surface area contributed by atoms with Crippen molar-refractivity contribution in [2.24, 2.45) is 0 Å². The van der Waals surface area contributed by atoms with Gasteiger partial charge in [-0.2, -0.15) is 20.5 Å². The number of fused-ring (bicyclic) bond motifs is 2. The maximum Gasteiger partial charge on any atom is 0.258 e. The number of nitrogens with zero attached hydrogens (tertiary/aromatic N) is 7. The maximum atomic E-state index is 12.5. The van der Waals surface area contributed by atoms with E-state index in [1.54, 1.807) is 36.4 Å². The summed E-state index contributed by atoms with van der Waals surface area (Å²) in [6.07, 6.45) is 2.58. The lowest BCUT2D eigenvalue weighted by molar-refractivity contribution is 0.241. The van der Waals surface area contributed by atoms with E-state index in [4.69, 9.17) is 18.5 Å². The molecule has 348 valence electrons. The number of hydrogen-bond acceptors (Lipinski definition) is 15. The van der Waals surface area contributed by atoms with Gasteiger partial charge in [0.1, 0.15) is 23.6 Å². The van der Waals surface area contributed by atoms with Crippen LogP contribution in [0.5, 0.6) is 11.5 Å². The molecule has 17 nitrogen and oxygen atoms in total. The van der Waals surface area contributed by atoms with E-state index in [0.717, 1.165) is 38.8 Å². The summed E-state index contributed by atoms with van der Waals surface area (Å²) in [7, 11) is -3.26. The van der Waals surface area contributed by atoms with Crippen LogP contribution in [0.4, 0.5) is 0 Å². The van der Waals surface area contributed by atoms with Crippen molar-refractivity contribution < 1.29 is 35.4 Å². The van der Waals surface area contributed by atoms with Gasteiger partial charge in [-0.3, -0.25) is 0 Å². The molecular weight excluding hydrogens is 895 g/mol. The summed E-state index contributed by atoms with van der Waals surface area (Å²) in [6, 6.07) is 25.4. The first kappa shape index (κ1) is 48.2. The van der Waals surface area contributed by atoms with Crippen LogP contribution < -0.4 is 18.9 Å². The van der Waals surface area contributed by atoms with Crippen LogP contribution in [-0.2, 0) is 32.9 Å². The fourth-order valence-electron chi connectivity index (χ4n) is 7.91. The highest BCUT2D eigenvalue weighted by Crippen LogP contribution is 2.40. The molecule has 2 aliphatic carbocycles. The van der Waals surface area contributed by atoms with Gasteiger partial charge in [0.2, 0.25) is 31.7 Å². The molecule has 0 spiro atoms. The number of rotatable bonds is 16. The Hall–Kier alpha value is -6.74. The quantitative estimate of drug-likeness (QED) is 0.0947. The Kier molecular flexibility index (Phi) is 14.7. The van der Waals surface area contributed by atoms with Crippen LogP contribution in [0.1, 0.15) is 86.0 Å². The van der Waals surface area contributed by atoms with Crippen LogP contribution >= 0.6 is 0 Å². The molecule has 0 amide bonds. The fourth-order valence-corrected chi connectivity index (χ4v) is 10.1. The normalized spacial score (nSPS) is 15.4. The first-order chi connectivity index (χ1) is 32.0. The number of benzene rings is 4. The van der Waals surface area contributed by atoms with E-state index < -0.39 is 20.0 Å². The Morgan fingerprint density at radius 1 is 0.746 bits per heavy atom. The first-order valence-corrected chi connectivity index (χ1v) is 24.8. The summed E-state index contributed by atoms with van der Waals surface area (Å²) < 4.78 is 76.7. The second kappa shape index (κ2) is 20.4. The summed E-state index contributed by atoms with van der Waals surface area (Å²) in [5.41, 5.74) is 7.43. The van der Waals surface area contributed by atoms with Gasteiger partial charge in [0.05, 0.1) is 29.1 Å². The summed E-state index contributed by atoms with van der Waals surface area (Å²) in [5.74, 6) is 2.46. The Bertz CT molecular complexity index is 3090. The first-order valence-electron chi connectivity index (χ1n) is 21.6. The predicted octanol–water partition coefficient (Wildman–Crippen LogP) is 7.64. The average molecular weight is 946 g/mol. The minimum absolute atomic E-state index is 0.0470. The van der Waals surface area contributed by atoms with Gasteiger partial charge in [0, 0.05) is 46.3 Å². The Labute approximate surface area is 390 Å². The van der Waals surface area contributed by atoms with Crippen molar-refractivity contribution in [2.45, 2.75) is 77.7 Å². The van der Waals surface area contributed by atoms with Crippen molar-refractivity contribution in [3.63, 3.8) is 0 Å². The van der Waals surface area contributed by atoms with Crippen LogP contribution in [0.15, 0.2) is 93.8 Å². The molecule has 4 aromatic carbocycles. The molecule has 2 heterocycles. The van der Waals surface area contributed by atoms with Crippen LogP contribution in [-0.4, -0.2) is 80.6 Å². The van der Waals surface area contributed by atoms with Gasteiger partial charge < -0.3 is 23.4 Å². The summed E-state index contributed by atoms with van der Waals surface area (Å²) >= 11 is 0. The molecule has 6 aromatic rings. The van der Waals surface area contributed by atoms with Gasteiger partial charge in [-0.1, -0.05) is 53.3 Å². The highest BCUT2D eigenvalue weighted by molar-refractivity contribution is 7.92. The molecule has 0 saturated carbocycles. The van der Waals surface area contributed by atoms with Gasteiger partial charge in [0.15, 0.2) is 0 Å². The third kappa shape index (κ3) is 11.5. The van der Waals surface area contributed by atoms with Crippen LogP contribution in [0.25, 0.3) is 45.7 Å². The van der Waals surface area contributed by atoms with Gasteiger partial charge in [-0.15, -0.1) is 0 Å². The second-order valence-electron chi connectivity index (χ2n) is 16.8. The lowest BCUT2D eigenvalue weighted by Crippen LogP contribution is -2.33. The summed E-state index contributed by atoms with van der Waals surface area (Å²) in [4.78, 5) is 10.9. The van der Waals surface area contributed by atoms with E-state index >= 15 is 0 Å². The van der Waals surface area contributed by atoms with Gasteiger partial charge in [0.25, 0.3) is 11.8 Å². The van der Waals surface area contributed by atoms with E-state index in [0.29, 0.717) is 83.5 Å². The molecule has 0 fully saturated rings. The number of sulfonamides is 2. The van der Waals surface area contributed by atoms with Crippen molar-refractivity contribution in [1.29, 1.82) is 10.5 Å². The van der Waals surface area contributed by atoms with Crippen LogP contribution in [0, 0.1) is 22.7 Å². The van der Waals surface area contributed by atoms with Crippen molar-refractivity contribution in [1.82, 2.24) is 34.6 Å². The van der Waals surface area contributed by atoms with Crippen molar-refractivity contribution in [3.8, 4) is 69.3 Å². The Morgan fingerprint density at radius 3 is 1.63 bits per heavy atom. The monoisotopic (exact) mass is 945 g/mol. The molecule has 0 unspecified atom stereocenters. The van der Waals surface area contributed by atoms with Gasteiger partial charge in [-0.05, 0) is 126 Å². The molecule has 19 heteroatoms. The van der Waals surface area contributed by atoms with E-state index in [-0.39, 0.29) is 35.9 Å². The molecular formula is C48H51N9O8S2. The highest BCUT2D eigenvalue weighted by Gasteiger charge is 2.31. The maximum absolute atomic E-state index is 12.5. The Morgan fingerprint density at radius 2 is 1.21 bits per heavy atom. The zero-order valence-corrected chi connectivity index (χ0v) is 39.6. The van der Waals surface area contributed by atoms with E-state index in [1.807, 2.05) is 83.1 Å². The highest BCUT2D eigenvalue weighted by atomic mass is 32.2. The number of aromatic nitrogens is 4. The molecule has 8 rings (SSSR count).